The molecule has 0 spiro atoms. The number of hydrogen-bond acceptors (Lipinski definition) is 5. The van der Waals surface area contributed by atoms with E-state index < -0.39 is 12.1 Å². The predicted molar refractivity (Wildman–Crippen MR) is 119 cm³/mol. The van der Waals surface area contributed by atoms with Crippen molar-refractivity contribution in [1.82, 2.24) is 15.3 Å². The highest BCUT2D eigenvalue weighted by Gasteiger charge is 2.29. The number of aliphatic carboxylic acids is 1. The number of nitrogens with zero attached hydrogens (tertiary/aromatic N) is 2. The maximum absolute atomic E-state index is 12.5. The molecule has 34 heavy (non-hydrogen) atoms. The van der Waals surface area contributed by atoms with E-state index in [0.29, 0.717) is 15.9 Å². The van der Waals surface area contributed by atoms with Gasteiger partial charge in [0, 0.05) is 22.0 Å². The van der Waals surface area contributed by atoms with Crippen molar-refractivity contribution in [1.29, 1.82) is 0 Å². The molecule has 0 saturated carbocycles. The minimum Gasteiger partial charge on any atom is -0.542 e. The third-order valence-electron chi connectivity index (χ3n) is 4.19. The molecule has 2 aromatic carbocycles. The second kappa shape index (κ2) is 10.7. The van der Waals surface area contributed by atoms with Gasteiger partial charge < -0.3 is 15.2 Å². The molecular weight excluding hydrogens is 518 g/mol. The predicted octanol–water partition coefficient (Wildman–Crippen LogP) is 3.64. The first kappa shape index (κ1) is 25.3. The van der Waals surface area contributed by atoms with Crippen LogP contribution in [0.2, 0.25) is 10.0 Å². The fourth-order valence-electron chi connectivity index (χ4n) is 2.70. The number of aromatic amines is 1. The average Bonchev–Trinajstić information content (AvgIpc) is 3.42. The molecule has 0 aliphatic carbocycles. The lowest BCUT2D eigenvalue weighted by atomic mass is 10.2. The number of imidazole rings is 1. The number of H-pyrrole nitrogens is 1. The van der Waals surface area contributed by atoms with Gasteiger partial charge >= 0.3 is 18.0 Å². The molecule has 0 radical (unpaired) electrons. The highest BCUT2D eigenvalue weighted by atomic mass is 35.5. The summed E-state index contributed by atoms with van der Waals surface area (Å²) in [6.07, 6.45) is -5.19. The van der Waals surface area contributed by atoms with Gasteiger partial charge in [-0.1, -0.05) is 35.3 Å². The average molecular weight is 532 g/mol. The van der Waals surface area contributed by atoms with Gasteiger partial charge in [-0.25, -0.2) is 14.8 Å². The van der Waals surface area contributed by atoms with Crippen LogP contribution in [0.5, 0.6) is 0 Å². The van der Waals surface area contributed by atoms with Crippen molar-refractivity contribution < 1.29 is 32.5 Å². The number of carbonyl (C=O) groups excluding carboxylic acids is 2. The monoisotopic (exact) mass is 531 g/mol. The van der Waals surface area contributed by atoms with E-state index in [1.807, 2.05) is 29.6 Å². The van der Waals surface area contributed by atoms with Crippen LogP contribution in [0.25, 0.3) is 22.6 Å². The largest absolute Gasteiger partial charge is 0.542 e. The Bertz CT molecular complexity index is 1310. The fourth-order valence-corrected chi connectivity index (χ4v) is 3.61. The Morgan fingerprint density at radius 1 is 1.18 bits per heavy atom. The zero-order valence-corrected chi connectivity index (χ0v) is 19.1. The molecule has 8 nitrogen and oxygen atoms in total. The molecule has 0 aliphatic heterocycles. The topological polar surface area (TPSA) is 114 Å². The lowest BCUT2D eigenvalue weighted by Gasteiger charge is -2.08. The van der Waals surface area contributed by atoms with Crippen LogP contribution in [0.3, 0.4) is 0 Å². The van der Waals surface area contributed by atoms with Crippen LogP contribution in [0.15, 0.2) is 53.4 Å². The molecule has 0 aliphatic rings. The Morgan fingerprint density at radius 3 is 2.53 bits per heavy atom. The van der Waals surface area contributed by atoms with Gasteiger partial charge in [0.1, 0.15) is 5.97 Å². The molecule has 178 valence electrons. The van der Waals surface area contributed by atoms with Crippen molar-refractivity contribution in [2.75, 3.05) is 5.43 Å². The number of para-hydroxylation sites is 2. The Hall–Kier alpha value is -3.35. The normalized spacial score (nSPS) is 11.0. The number of fused-ring (bicyclic) bond motifs is 1. The van der Waals surface area contributed by atoms with Crippen molar-refractivity contribution in [2.24, 2.45) is 0 Å². The van der Waals surface area contributed by atoms with Crippen molar-refractivity contribution in [2.45, 2.75) is 12.7 Å². The first-order valence-corrected chi connectivity index (χ1v) is 10.9. The number of benzene rings is 2. The summed E-state index contributed by atoms with van der Waals surface area (Å²) < 4.78 is 33.2. The number of aromatic nitrogens is 3. The summed E-state index contributed by atoms with van der Waals surface area (Å²) in [5.41, 5.74) is 7.79. The molecule has 0 atom stereocenters. The number of carboxylic acids is 1. The van der Waals surface area contributed by atoms with Gasteiger partial charge in [0.15, 0.2) is 11.2 Å². The number of carbonyl (C=O) groups is 2. The summed E-state index contributed by atoms with van der Waals surface area (Å²) >= 11 is 13.6. The zero-order chi connectivity index (χ0) is 24.9. The lowest BCUT2D eigenvalue weighted by molar-refractivity contribution is -0.602. The van der Waals surface area contributed by atoms with E-state index in [0.717, 1.165) is 22.3 Å². The molecule has 2 aromatic heterocycles. The number of nitrogens with one attached hydrogen (secondary N) is 3. The van der Waals surface area contributed by atoms with Crippen molar-refractivity contribution >= 4 is 57.6 Å². The van der Waals surface area contributed by atoms with E-state index >= 15 is 0 Å². The van der Waals surface area contributed by atoms with Gasteiger partial charge in [-0.15, -0.1) is 16.0 Å². The zero-order valence-electron chi connectivity index (χ0n) is 16.8. The highest BCUT2D eigenvalue weighted by Crippen LogP contribution is 2.21. The Kier molecular flexibility index (Phi) is 7.97. The molecule has 4 aromatic rings. The number of hydrogen-bond donors (Lipinski definition) is 3. The summed E-state index contributed by atoms with van der Waals surface area (Å²) in [4.78, 5) is 28.9. The number of halogens is 5. The highest BCUT2D eigenvalue weighted by molar-refractivity contribution is 7.07. The molecule has 3 N–H and O–H groups in total. The van der Waals surface area contributed by atoms with E-state index in [4.69, 9.17) is 33.1 Å². The fraction of sp³-hybridized carbons (Fsp3) is 0.100. The molecular formula is C20H14Cl2F3N5O3S. The molecule has 0 fully saturated rings. The number of alkyl halides is 3. The van der Waals surface area contributed by atoms with Crippen LogP contribution < -0.4 is 20.5 Å². The molecule has 0 unspecified atom stereocenters. The number of thiazole rings is 1. The van der Waals surface area contributed by atoms with Crippen molar-refractivity contribution in [3.05, 3.63) is 69.0 Å². The SMILES string of the molecule is O=C(NCc1cc(Cl)ccc1Cl)N[n+]1c(-c2cscn2)[nH]c2ccccc21.O=C([O-])C(F)(F)F. The van der Waals surface area contributed by atoms with Crippen LogP contribution in [0.4, 0.5) is 18.0 Å². The maximum atomic E-state index is 12.5. The summed E-state index contributed by atoms with van der Waals surface area (Å²) in [6, 6.07) is 12.4. The Morgan fingerprint density at radius 2 is 1.88 bits per heavy atom. The van der Waals surface area contributed by atoms with Gasteiger partial charge in [-0.2, -0.15) is 18.6 Å². The number of carboxylic acid groups (broad SMARTS) is 1. The van der Waals surface area contributed by atoms with E-state index in [1.165, 1.54) is 11.3 Å². The third kappa shape index (κ3) is 6.37. The van der Waals surface area contributed by atoms with Gasteiger partial charge in [0.05, 0.1) is 5.51 Å². The molecule has 0 saturated heterocycles. The minimum absolute atomic E-state index is 0.250. The first-order chi connectivity index (χ1) is 16.1. The minimum atomic E-state index is -5.19. The Balaban J connectivity index is 0.000000406. The van der Waals surface area contributed by atoms with Crippen LogP contribution >= 0.6 is 34.5 Å². The second-order valence-corrected chi connectivity index (χ2v) is 8.08. The van der Waals surface area contributed by atoms with Crippen LogP contribution in [-0.2, 0) is 11.3 Å². The van der Waals surface area contributed by atoms with Gasteiger partial charge in [0.2, 0.25) is 5.52 Å². The first-order valence-electron chi connectivity index (χ1n) is 9.24. The standard InChI is InChI=1S/C18H13Cl2N5OS.C2HF3O2/c19-12-5-6-13(20)11(7-12)8-21-18(26)24-25-16-4-2-1-3-14(16)23-17(25)15-9-27-10-22-15;3-2(4,5)1(6)7/h1-7,9-10H,8H2,(H2,21,24,26);(H,6,7). The number of amides is 2. The number of rotatable bonds is 4. The summed E-state index contributed by atoms with van der Waals surface area (Å²) in [5, 5.41) is 14.6. The molecule has 4 rings (SSSR count). The molecule has 2 amide bonds. The van der Waals surface area contributed by atoms with E-state index in [2.05, 4.69) is 20.7 Å². The van der Waals surface area contributed by atoms with Gasteiger partial charge in [-0.05, 0) is 35.9 Å². The Labute approximate surface area is 203 Å². The van der Waals surface area contributed by atoms with Crippen LogP contribution in [-0.4, -0.2) is 28.1 Å². The molecule has 14 heteroatoms. The summed E-state index contributed by atoms with van der Waals surface area (Å²) in [7, 11) is 0. The van der Waals surface area contributed by atoms with Crippen LogP contribution in [0, 0.1) is 0 Å². The maximum Gasteiger partial charge on any atom is 0.430 e. The van der Waals surface area contributed by atoms with Gasteiger partial charge in [0.25, 0.3) is 0 Å². The van der Waals surface area contributed by atoms with E-state index in [1.54, 1.807) is 28.4 Å². The second-order valence-electron chi connectivity index (χ2n) is 6.52. The quantitative estimate of drug-likeness (QED) is 0.349. The van der Waals surface area contributed by atoms with E-state index in [9.17, 15) is 18.0 Å². The smallest absolute Gasteiger partial charge is 0.430 e. The summed E-state index contributed by atoms with van der Waals surface area (Å²) in [6.45, 7) is 0.250. The lowest BCUT2D eigenvalue weighted by Crippen LogP contribution is -2.52. The molecule has 2 heterocycles. The van der Waals surface area contributed by atoms with Crippen LogP contribution in [0.1, 0.15) is 5.56 Å². The number of urea groups is 1. The van der Waals surface area contributed by atoms with Gasteiger partial charge in [-0.3, -0.25) is 0 Å². The molecule has 0 bridgehead atoms. The van der Waals surface area contributed by atoms with E-state index in [-0.39, 0.29) is 12.6 Å². The summed E-state index contributed by atoms with van der Waals surface area (Å²) in [5.74, 6) is -2.32. The third-order valence-corrected chi connectivity index (χ3v) is 5.38. The van der Waals surface area contributed by atoms with Crippen molar-refractivity contribution in [3.63, 3.8) is 0 Å². The van der Waals surface area contributed by atoms with Crippen molar-refractivity contribution in [3.8, 4) is 11.5 Å².